The summed E-state index contributed by atoms with van der Waals surface area (Å²) in [6.07, 6.45) is 1.47. The molecule has 0 aliphatic rings. The van der Waals surface area contributed by atoms with E-state index in [0.29, 0.717) is 27.0 Å². The van der Waals surface area contributed by atoms with Crippen LogP contribution in [0.4, 0.5) is 11.6 Å². The van der Waals surface area contributed by atoms with E-state index in [4.69, 9.17) is 16.3 Å². The minimum atomic E-state index is -3.88. The number of sulfonamides is 1. The van der Waals surface area contributed by atoms with E-state index in [0.717, 1.165) is 10.1 Å². The van der Waals surface area contributed by atoms with Gasteiger partial charge in [-0.05, 0) is 55.5 Å². The van der Waals surface area contributed by atoms with Crippen LogP contribution in [-0.4, -0.2) is 31.4 Å². The maximum absolute atomic E-state index is 12.8. The van der Waals surface area contributed by atoms with E-state index in [2.05, 4.69) is 20.0 Å². The third-order valence-corrected chi connectivity index (χ3v) is 7.50. The molecule has 2 aromatic carbocycles. The monoisotopic (exact) mass is 488 g/mol. The number of methoxy groups -OCH3 is 1. The summed E-state index contributed by atoms with van der Waals surface area (Å²) >= 11 is 7.68. The number of amides is 1. The smallest absolute Gasteiger partial charge is 0.267 e. The van der Waals surface area contributed by atoms with Crippen molar-refractivity contribution in [1.29, 1.82) is 0 Å². The predicted octanol–water partition coefficient (Wildman–Crippen LogP) is 4.71. The summed E-state index contributed by atoms with van der Waals surface area (Å²) in [6.45, 7) is 1.73. The molecular weight excluding hydrogens is 472 g/mol. The molecule has 0 fully saturated rings. The number of thiophene rings is 1. The van der Waals surface area contributed by atoms with Gasteiger partial charge < -0.3 is 10.1 Å². The summed E-state index contributed by atoms with van der Waals surface area (Å²) in [5.41, 5.74) is 1.06. The summed E-state index contributed by atoms with van der Waals surface area (Å²) in [5.74, 6) is 0.237. The van der Waals surface area contributed by atoms with Gasteiger partial charge in [-0.1, -0.05) is 11.6 Å². The Bertz CT molecular complexity index is 1420. The van der Waals surface area contributed by atoms with Gasteiger partial charge in [-0.3, -0.25) is 4.79 Å². The molecule has 0 aliphatic heterocycles. The number of nitrogens with one attached hydrogen (secondary N) is 2. The largest absolute Gasteiger partial charge is 0.497 e. The molecule has 2 aromatic heterocycles. The Hall–Kier alpha value is -3.21. The molecule has 164 valence electrons. The van der Waals surface area contributed by atoms with Gasteiger partial charge >= 0.3 is 0 Å². The van der Waals surface area contributed by atoms with E-state index in [-0.39, 0.29) is 10.8 Å². The van der Waals surface area contributed by atoms with E-state index in [1.807, 2.05) is 6.07 Å². The first-order chi connectivity index (χ1) is 15.3. The van der Waals surface area contributed by atoms with Crippen LogP contribution in [0, 0.1) is 6.92 Å². The predicted molar refractivity (Wildman–Crippen MR) is 125 cm³/mol. The van der Waals surface area contributed by atoms with Gasteiger partial charge in [0.1, 0.15) is 10.6 Å². The van der Waals surface area contributed by atoms with Gasteiger partial charge in [0.15, 0.2) is 0 Å². The van der Waals surface area contributed by atoms with Crippen LogP contribution in [-0.2, 0) is 10.0 Å². The Morgan fingerprint density at radius 1 is 1.12 bits per heavy atom. The second-order valence-electron chi connectivity index (χ2n) is 6.71. The van der Waals surface area contributed by atoms with Gasteiger partial charge in [0.25, 0.3) is 15.9 Å². The fourth-order valence-corrected chi connectivity index (χ4v) is 5.24. The molecule has 0 bridgehead atoms. The highest BCUT2D eigenvalue weighted by molar-refractivity contribution is 7.92. The first-order valence-electron chi connectivity index (χ1n) is 9.27. The summed E-state index contributed by atoms with van der Waals surface area (Å²) in [7, 11) is -2.32. The number of aromatic nitrogens is 2. The van der Waals surface area contributed by atoms with Crippen molar-refractivity contribution in [3.05, 3.63) is 70.3 Å². The van der Waals surface area contributed by atoms with Crippen molar-refractivity contribution in [3.63, 3.8) is 0 Å². The van der Waals surface area contributed by atoms with E-state index in [9.17, 15) is 13.2 Å². The molecule has 0 atom stereocenters. The van der Waals surface area contributed by atoms with Gasteiger partial charge in [-0.15, -0.1) is 11.3 Å². The number of hydrogen-bond acceptors (Lipinski definition) is 7. The van der Waals surface area contributed by atoms with Gasteiger partial charge in [-0.25, -0.2) is 23.1 Å². The standard InChI is InChI=1S/C21H17ClN4O4S2/c1-12-9-10-23-21(24-12)26-32(28,29)15-6-3-13(4-7-15)25-20(27)19-18(22)16-11-14(30-2)5-8-17(16)31-19/h3-11H,1-2H3,(H,25,27)(H,23,24,26). The molecule has 2 N–H and O–H groups in total. The number of hydrogen-bond donors (Lipinski definition) is 2. The van der Waals surface area contributed by atoms with Crippen molar-refractivity contribution in [2.45, 2.75) is 11.8 Å². The van der Waals surface area contributed by atoms with Crippen LogP contribution in [0.15, 0.2) is 59.6 Å². The average Bonchev–Trinajstić information content (AvgIpc) is 3.10. The van der Waals surface area contributed by atoms with Crippen LogP contribution >= 0.6 is 22.9 Å². The summed E-state index contributed by atoms with van der Waals surface area (Å²) in [4.78, 5) is 21.0. The lowest BCUT2D eigenvalue weighted by molar-refractivity contribution is 0.103. The van der Waals surface area contributed by atoms with Crippen molar-refractivity contribution in [2.75, 3.05) is 17.1 Å². The number of carbonyl (C=O) groups excluding carboxylic acids is 1. The molecule has 8 nitrogen and oxygen atoms in total. The lowest BCUT2D eigenvalue weighted by Gasteiger charge is -2.08. The zero-order valence-electron chi connectivity index (χ0n) is 16.9. The van der Waals surface area contributed by atoms with E-state index >= 15 is 0 Å². The molecule has 11 heteroatoms. The molecule has 1 amide bonds. The Morgan fingerprint density at radius 2 is 1.88 bits per heavy atom. The summed E-state index contributed by atoms with van der Waals surface area (Å²) in [6, 6.07) is 12.8. The number of nitrogens with zero attached hydrogens (tertiary/aromatic N) is 2. The zero-order valence-corrected chi connectivity index (χ0v) is 19.3. The van der Waals surface area contributed by atoms with Crippen LogP contribution in [0.2, 0.25) is 5.02 Å². The number of fused-ring (bicyclic) bond motifs is 1. The number of carbonyl (C=O) groups is 1. The third kappa shape index (κ3) is 4.52. The van der Waals surface area contributed by atoms with Gasteiger partial charge in [-0.2, -0.15) is 0 Å². The molecular formula is C21H17ClN4O4S2. The fourth-order valence-electron chi connectivity index (χ4n) is 2.90. The minimum Gasteiger partial charge on any atom is -0.497 e. The second-order valence-corrected chi connectivity index (χ2v) is 9.83. The van der Waals surface area contributed by atoms with Crippen LogP contribution in [0.3, 0.4) is 0 Å². The van der Waals surface area contributed by atoms with E-state index < -0.39 is 15.9 Å². The molecule has 4 rings (SSSR count). The molecule has 0 saturated heterocycles. The lowest BCUT2D eigenvalue weighted by atomic mass is 10.2. The van der Waals surface area contributed by atoms with Gasteiger partial charge in [0, 0.05) is 27.7 Å². The highest BCUT2D eigenvalue weighted by Crippen LogP contribution is 2.37. The van der Waals surface area contributed by atoms with Gasteiger partial charge in [0.2, 0.25) is 5.95 Å². The SMILES string of the molecule is COc1ccc2sc(C(=O)Nc3ccc(S(=O)(=O)Nc4nccc(C)n4)cc3)c(Cl)c2c1. The number of aryl methyl sites for hydroxylation is 1. The Kier molecular flexibility index (Phi) is 6.00. The highest BCUT2D eigenvalue weighted by atomic mass is 35.5. The molecule has 4 aromatic rings. The number of anilines is 2. The normalized spacial score (nSPS) is 11.3. The topological polar surface area (TPSA) is 110 Å². The van der Waals surface area contributed by atoms with Crippen LogP contribution in [0.1, 0.15) is 15.4 Å². The van der Waals surface area contributed by atoms with Gasteiger partial charge in [0.05, 0.1) is 17.0 Å². The number of halogens is 1. The molecule has 0 spiro atoms. The van der Waals surface area contributed by atoms with E-state index in [1.165, 1.54) is 41.8 Å². The van der Waals surface area contributed by atoms with Crippen LogP contribution in [0.25, 0.3) is 10.1 Å². The lowest BCUT2D eigenvalue weighted by Crippen LogP contribution is -2.15. The first kappa shape index (κ1) is 22.0. The van der Waals surface area contributed by atoms with Crippen molar-refractivity contribution < 1.29 is 17.9 Å². The van der Waals surface area contributed by atoms with Crippen LogP contribution < -0.4 is 14.8 Å². The molecule has 0 aliphatic carbocycles. The molecule has 0 radical (unpaired) electrons. The quantitative estimate of drug-likeness (QED) is 0.406. The van der Waals surface area contributed by atoms with Crippen molar-refractivity contribution in [1.82, 2.24) is 9.97 Å². The Morgan fingerprint density at radius 3 is 2.56 bits per heavy atom. The Labute approximate surface area is 193 Å². The van der Waals surface area contributed by atoms with Crippen molar-refractivity contribution >= 4 is 60.6 Å². The maximum atomic E-state index is 12.8. The molecule has 2 heterocycles. The van der Waals surface area contributed by atoms with Crippen molar-refractivity contribution in [2.24, 2.45) is 0 Å². The second kappa shape index (κ2) is 8.73. The zero-order chi connectivity index (χ0) is 22.9. The van der Waals surface area contributed by atoms with Crippen molar-refractivity contribution in [3.8, 4) is 5.75 Å². The molecule has 0 saturated carbocycles. The first-order valence-corrected chi connectivity index (χ1v) is 11.9. The Balaban J connectivity index is 1.52. The van der Waals surface area contributed by atoms with Crippen LogP contribution in [0.5, 0.6) is 5.75 Å². The number of ether oxygens (including phenoxy) is 1. The molecule has 32 heavy (non-hydrogen) atoms. The summed E-state index contributed by atoms with van der Waals surface area (Å²) < 4.78 is 33.5. The minimum absolute atomic E-state index is 0.00703. The highest BCUT2D eigenvalue weighted by Gasteiger charge is 2.19. The maximum Gasteiger partial charge on any atom is 0.267 e. The number of benzene rings is 2. The summed E-state index contributed by atoms with van der Waals surface area (Å²) in [5, 5.41) is 3.81. The van der Waals surface area contributed by atoms with E-state index in [1.54, 1.807) is 32.2 Å². The molecule has 0 unspecified atom stereocenters. The third-order valence-electron chi connectivity index (χ3n) is 4.48. The average molecular weight is 489 g/mol. The number of rotatable bonds is 6. The fraction of sp³-hybridized carbons (Fsp3) is 0.0952.